The molecule has 1 aromatic heterocycles. The summed E-state index contributed by atoms with van der Waals surface area (Å²) in [5.41, 5.74) is 8.05. The van der Waals surface area contributed by atoms with Crippen LogP contribution >= 0.6 is 0 Å². The maximum Gasteiger partial charge on any atom is 0.244 e. The summed E-state index contributed by atoms with van der Waals surface area (Å²) in [5.74, 6) is -0.0983. The van der Waals surface area contributed by atoms with Gasteiger partial charge in [0.15, 0.2) is 0 Å². The highest BCUT2D eigenvalue weighted by Crippen LogP contribution is 2.07. The summed E-state index contributed by atoms with van der Waals surface area (Å²) < 4.78 is 1.92. The number of carbonyl (C=O) groups is 1. The number of hydrazine groups is 1. The molecule has 4 nitrogen and oxygen atoms in total. The van der Waals surface area contributed by atoms with Gasteiger partial charge in [-0.05, 0) is 17.7 Å². The van der Waals surface area contributed by atoms with E-state index in [9.17, 15) is 4.79 Å². The van der Waals surface area contributed by atoms with Crippen LogP contribution in [0.1, 0.15) is 11.3 Å². The quantitative estimate of drug-likeness (QED) is 0.801. The van der Waals surface area contributed by atoms with Crippen LogP contribution in [0.15, 0.2) is 55.2 Å². The minimum atomic E-state index is -0.0983. The third-order valence-corrected chi connectivity index (χ3v) is 2.87. The van der Waals surface area contributed by atoms with Crippen molar-refractivity contribution >= 4 is 11.6 Å². The van der Waals surface area contributed by atoms with Crippen LogP contribution in [0.3, 0.4) is 0 Å². The molecule has 4 heteroatoms. The zero-order valence-corrected chi connectivity index (χ0v) is 10.9. The standard InChI is InChI=1S/C15H17N3O/c1-12(13-7-4-3-5-8-13)16-17-15(19)11-14-9-6-10-18(14)2/h3-10,16H,1,11H2,2H3,(H,17,19). The first kappa shape index (κ1) is 13.0. The Labute approximate surface area is 112 Å². The molecule has 0 aliphatic rings. The van der Waals surface area contributed by atoms with E-state index in [0.29, 0.717) is 12.1 Å². The van der Waals surface area contributed by atoms with E-state index in [-0.39, 0.29) is 5.91 Å². The average Bonchev–Trinajstić information content (AvgIpc) is 2.82. The first-order valence-electron chi connectivity index (χ1n) is 6.06. The fraction of sp³-hybridized carbons (Fsp3) is 0.133. The van der Waals surface area contributed by atoms with Crippen LogP contribution in [0, 0.1) is 0 Å². The Morgan fingerprint density at radius 1 is 1.16 bits per heavy atom. The Morgan fingerprint density at radius 2 is 1.89 bits per heavy atom. The summed E-state index contributed by atoms with van der Waals surface area (Å²) in [4.78, 5) is 11.8. The number of aryl methyl sites for hydroxylation is 1. The highest BCUT2D eigenvalue weighted by molar-refractivity contribution is 5.79. The van der Waals surface area contributed by atoms with Crippen molar-refractivity contribution < 1.29 is 4.79 Å². The Kier molecular flexibility index (Phi) is 4.03. The van der Waals surface area contributed by atoms with Gasteiger partial charge < -0.3 is 4.57 Å². The molecule has 2 aromatic rings. The molecule has 0 fully saturated rings. The fourth-order valence-electron chi connectivity index (χ4n) is 1.75. The van der Waals surface area contributed by atoms with E-state index in [1.807, 2.05) is 60.3 Å². The molecule has 1 aromatic carbocycles. The number of hydrogen-bond donors (Lipinski definition) is 2. The van der Waals surface area contributed by atoms with Gasteiger partial charge in [0.25, 0.3) is 0 Å². The van der Waals surface area contributed by atoms with Crippen LogP contribution in [-0.2, 0) is 18.3 Å². The number of nitrogens with one attached hydrogen (secondary N) is 2. The zero-order valence-electron chi connectivity index (χ0n) is 10.9. The smallest absolute Gasteiger partial charge is 0.244 e. The van der Waals surface area contributed by atoms with Crippen molar-refractivity contribution in [2.45, 2.75) is 6.42 Å². The lowest BCUT2D eigenvalue weighted by molar-refractivity contribution is -0.121. The molecule has 0 spiro atoms. The Morgan fingerprint density at radius 3 is 2.53 bits per heavy atom. The monoisotopic (exact) mass is 255 g/mol. The summed E-state index contributed by atoms with van der Waals surface area (Å²) >= 11 is 0. The van der Waals surface area contributed by atoms with Crippen LogP contribution in [0.5, 0.6) is 0 Å². The highest BCUT2D eigenvalue weighted by Gasteiger charge is 2.06. The SMILES string of the molecule is C=C(NNC(=O)Cc1cccn1C)c1ccccc1. The topological polar surface area (TPSA) is 46.1 Å². The van der Waals surface area contributed by atoms with Crippen molar-refractivity contribution in [3.63, 3.8) is 0 Å². The van der Waals surface area contributed by atoms with E-state index in [1.54, 1.807) is 0 Å². The van der Waals surface area contributed by atoms with Gasteiger partial charge >= 0.3 is 0 Å². The van der Waals surface area contributed by atoms with Crippen molar-refractivity contribution in [3.8, 4) is 0 Å². The van der Waals surface area contributed by atoms with Gasteiger partial charge in [-0.2, -0.15) is 0 Å². The molecule has 19 heavy (non-hydrogen) atoms. The molecule has 98 valence electrons. The summed E-state index contributed by atoms with van der Waals surface area (Å²) in [6, 6.07) is 13.5. The third-order valence-electron chi connectivity index (χ3n) is 2.87. The maximum absolute atomic E-state index is 11.8. The maximum atomic E-state index is 11.8. The second-order valence-corrected chi connectivity index (χ2v) is 4.30. The Balaban J connectivity index is 1.84. The molecule has 1 amide bonds. The van der Waals surface area contributed by atoms with Gasteiger partial charge in [-0.1, -0.05) is 36.9 Å². The van der Waals surface area contributed by atoms with E-state index in [1.165, 1.54) is 0 Å². The molecule has 0 radical (unpaired) electrons. The molecule has 1 heterocycles. The molecule has 0 aliphatic heterocycles. The van der Waals surface area contributed by atoms with Gasteiger partial charge in [0.1, 0.15) is 0 Å². The van der Waals surface area contributed by atoms with E-state index >= 15 is 0 Å². The van der Waals surface area contributed by atoms with Crippen LogP contribution in [0.25, 0.3) is 5.70 Å². The van der Waals surface area contributed by atoms with Crippen molar-refractivity contribution in [2.75, 3.05) is 0 Å². The van der Waals surface area contributed by atoms with E-state index in [2.05, 4.69) is 17.4 Å². The Bertz CT molecular complexity index is 572. The predicted molar refractivity (Wildman–Crippen MR) is 75.9 cm³/mol. The molecule has 0 saturated heterocycles. The lowest BCUT2D eigenvalue weighted by Crippen LogP contribution is -2.37. The van der Waals surface area contributed by atoms with Crippen molar-refractivity contribution in [3.05, 3.63) is 66.5 Å². The van der Waals surface area contributed by atoms with E-state index < -0.39 is 0 Å². The van der Waals surface area contributed by atoms with Gasteiger partial charge in [0.2, 0.25) is 5.91 Å². The summed E-state index contributed by atoms with van der Waals surface area (Å²) in [6.07, 6.45) is 2.25. The minimum Gasteiger partial charge on any atom is -0.354 e. The first-order valence-corrected chi connectivity index (χ1v) is 6.06. The molecular weight excluding hydrogens is 238 g/mol. The Hall–Kier alpha value is -2.49. The molecule has 0 atom stereocenters. The summed E-state index contributed by atoms with van der Waals surface area (Å²) in [5, 5.41) is 0. The molecule has 2 N–H and O–H groups in total. The second-order valence-electron chi connectivity index (χ2n) is 4.30. The van der Waals surface area contributed by atoms with Crippen LogP contribution in [0.2, 0.25) is 0 Å². The average molecular weight is 255 g/mol. The number of hydrogen-bond acceptors (Lipinski definition) is 2. The van der Waals surface area contributed by atoms with Gasteiger partial charge in [-0.15, -0.1) is 0 Å². The number of rotatable bonds is 5. The van der Waals surface area contributed by atoms with Crippen LogP contribution in [0.4, 0.5) is 0 Å². The van der Waals surface area contributed by atoms with Gasteiger partial charge in [-0.25, -0.2) is 0 Å². The minimum absolute atomic E-state index is 0.0983. The van der Waals surface area contributed by atoms with Gasteiger partial charge in [-0.3, -0.25) is 15.6 Å². The summed E-state index contributed by atoms with van der Waals surface area (Å²) in [6.45, 7) is 3.88. The molecule has 0 bridgehead atoms. The normalized spacial score (nSPS) is 9.95. The summed E-state index contributed by atoms with van der Waals surface area (Å²) in [7, 11) is 1.92. The number of carbonyl (C=O) groups excluding carboxylic acids is 1. The third kappa shape index (κ3) is 3.48. The van der Waals surface area contributed by atoms with Crippen LogP contribution in [-0.4, -0.2) is 10.5 Å². The number of amides is 1. The number of aromatic nitrogens is 1. The highest BCUT2D eigenvalue weighted by atomic mass is 16.2. The lowest BCUT2D eigenvalue weighted by Gasteiger charge is -2.11. The lowest BCUT2D eigenvalue weighted by atomic mass is 10.2. The van der Waals surface area contributed by atoms with Crippen molar-refractivity contribution in [2.24, 2.45) is 7.05 Å². The first-order chi connectivity index (χ1) is 9.16. The molecule has 0 unspecified atom stereocenters. The zero-order chi connectivity index (χ0) is 13.7. The van der Waals surface area contributed by atoms with Crippen LogP contribution < -0.4 is 10.9 Å². The number of nitrogens with zero attached hydrogens (tertiary/aromatic N) is 1. The van der Waals surface area contributed by atoms with E-state index in [4.69, 9.17) is 0 Å². The van der Waals surface area contributed by atoms with Gasteiger partial charge in [0, 0.05) is 18.9 Å². The van der Waals surface area contributed by atoms with Gasteiger partial charge in [0.05, 0.1) is 12.1 Å². The van der Waals surface area contributed by atoms with Crippen molar-refractivity contribution in [1.29, 1.82) is 0 Å². The molecular formula is C15H17N3O. The van der Waals surface area contributed by atoms with E-state index in [0.717, 1.165) is 11.3 Å². The molecule has 0 aliphatic carbocycles. The largest absolute Gasteiger partial charge is 0.354 e. The number of benzene rings is 1. The fourth-order valence-corrected chi connectivity index (χ4v) is 1.75. The van der Waals surface area contributed by atoms with Crippen molar-refractivity contribution in [1.82, 2.24) is 15.4 Å². The molecule has 0 saturated carbocycles. The molecule has 2 rings (SSSR count). The predicted octanol–water partition coefficient (Wildman–Crippen LogP) is 1.86. The second kappa shape index (κ2) is 5.91.